The van der Waals surface area contributed by atoms with Gasteiger partial charge in [-0.15, -0.1) is 0 Å². The van der Waals surface area contributed by atoms with E-state index in [4.69, 9.17) is 26.5 Å². The molecule has 0 radical (unpaired) electrons. The van der Waals surface area contributed by atoms with Gasteiger partial charge in [-0.25, -0.2) is 0 Å². The largest absolute Gasteiger partial charge is 0.494 e. The summed E-state index contributed by atoms with van der Waals surface area (Å²) in [4.78, 5) is 6.88. The predicted octanol–water partition coefficient (Wildman–Crippen LogP) is 5.60. The van der Waals surface area contributed by atoms with E-state index in [2.05, 4.69) is 41.4 Å². The summed E-state index contributed by atoms with van der Waals surface area (Å²) in [6.07, 6.45) is 2.13. The molecule has 1 aromatic heterocycles. The van der Waals surface area contributed by atoms with E-state index >= 15 is 0 Å². The zero-order valence-electron chi connectivity index (χ0n) is 18.7. The van der Waals surface area contributed by atoms with Crippen molar-refractivity contribution in [3.05, 3.63) is 71.7 Å². The molecule has 0 fully saturated rings. The highest BCUT2D eigenvalue weighted by atomic mass is 32.1. The Hall–Kier alpha value is -3.19. The molecule has 1 aliphatic heterocycles. The van der Waals surface area contributed by atoms with Crippen LogP contribution in [0.5, 0.6) is 5.75 Å². The molecule has 1 aliphatic rings. The monoisotopic (exact) mass is 448 g/mol. The Morgan fingerprint density at radius 3 is 2.53 bits per heavy atom. The third-order valence-corrected chi connectivity index (χ3v) is 5.88. The highest BCUT2D eigenvalue weighted by Gasteiger charge is 2.33. The third kappa shape index (κ3) is 4.53. The maximum absolute atomic E-state index is 5.78. The van der Waals surface area contributed by atoms with E-state index < -0.39 is 0 Å². The molecular formula is C25H28N4O2S. The highest BCUT2D eigenvalue weighted by molar-refractivity contribution is 7.80. The van der Waals surface area contributed by atoms with Crippen LogP contribution in [0.15, 0.2) is 64.8 Å². The van der Waals surface area contributed by atoms with Gasteiger partial charge in [-0.2, -0.15) is 4.98 Å². The first-order valence-corrected chi connectivity index (χ1v) is 11.4. The van der Waals surface area contributed by atoms with Crippen LogP contribution < -0.4 is 10.1 Å². The number of ether oxygens (including phenoxy) is 1. The normalized spacial score (nSPS) is 16.3. The van der Waals surface area contributed by atoms with Crippen molar-refractivity contribution in [2.24, 2.45) is 0 Å². The van der Waals surface area contributed by atoms with E-state index in [-0.39, 0.29) is 6.04 Å². The Kier molecular flexibility index (Phi) is 6.85. The lowest BCUT2D eigenvalue weighted by atomic mass is 9.94. The molecule has 7 heteroatoms. The van der Waals surface area contributed by atoms with Crippen LogP contribution in [-0.4, -0.2) is 33.3 Å². The Balaban J connectivity index is 1.76. The number of thiocarbonyl (C=S) groups is 1. The lowest BCUT2D eigenvalue weighted by molar-refractivity contribution is 0.340. The van der Waals surface area contributed by atoms with Gasteiger partial charge in [0.05, 0.1) is 18.2 Å². The number of aromatic nitrogens is 2. The average molecular weight is 449 g/mol. The van der Waals surface area contributed by atoms with Crippen LogP contribution >= 0.6 is 12.2 Å². The Bertz CT molecular complexity index is 1090. The molecule has 2 heterocycles. The number of benzene rings is 2. The van der Waals surface area contributed by atoms with Gasteiger partial charge in [0.1, 0.15) is 5.75 Å². The Labute approximate surface area is 194 Å². The molecule has 0 saturated heterocycles. The molecule has 1 N–H and O–H groups in total. The number of hydrogen-bond acceptors (Lipinski definition) is 5. The van der Waals surface area contributed by atoms with Crippen LogP contribution in [0, 0.1) is 0 Å². The van der Waals surface area contributed by atoms with E-state index in [1.165, 1.54) is 0 Å². The molecule has 1 atom stereocenters. The highest BCUT2D eigenvalue weighted by Crippen LogP contribution is 2.38. The standard InChI is InChI=1S/C25H28N4O2S/c1-4-6-16-29-17(3)21(24-27-23(28-31-24)19-10-8-7-9-11-19)22(26-25(29)32)18-12-14-20(15-13-18)30-5-2/h7-15,22H,4-6,16H2,1-3H3,(H,26,32). The fourth-order valence-corrected chi connectivity index (χ4v) is 4.20. The zero-order valence-corrected chi connectivity index (χ0v) is 19.5. The number of hydrogen-bond donors (Lipinski definition) is 1. The summed E-state index contributed by atoms with van der Waals surface area (Å²) in [6.45, 7) is 7.70. The fraction of sp³-hybridized carbons (Fsp3) is 0.320. The molecule has 0 aliphatic carbocycles. The Morgan fingerprint density at radius 2 is 1.84 bits per heavy atom. The minimum atomic E-state index is -0.194. The number of allylic oxidation sites excluding steroid dienone is 1. The van der Waals surface area contributed by atoms with Crippen LogP contribution in [0.25, 0.3) is 17.0 Å². The van der Waals surface area contributed by atoms with Gasteiger partial charge < -0.3 is 19.5 Å². The minimum Gasteiger partial charge on any atom is -0.494 e. The van der Waals surface area contributed by atoms with E-state index in [0.29, 0.717) is 23.4 Å². The zero-order chi connectivity index (χ0) is 22.5. The van der Waals surface area contributed by atoms with Crippen molar-refractivity contribution in [1.82, 2.24) is 20.4 Å². The van der Waals surface area contributed by atoms with Crippen LogP contribution in [0.2, 0.25) is 0 Å². The molecule has 0 spiro atoms. The lowest BCUT2D eigenvalue weighted by Crippen LogP contribution is -2.46. The number of rotatable bonds is 8. The van der Waals surface area contributed by atoms with Gasteiger partial charge in [0.25, 0.3) is 5.89 Å². The molecule has 6 nitrogen and oxygen atoms in total. The van der Waals surface area contributed by atoms with Crippen molar-refractivity contribution in [1.29, 1.82) is 0 Å². The maximum atomic E-state index is 5.78. The lowest BCUT2D eigenvalue weighted by Gasteiger charge is -2.37. The van der Waals surface area contributed by atoms with Crippen molar-refractivity contribution in [2.45, 2.75) is 39.7 Å². The summed E-state index contributed by atoms with van der Waals surface area (Å²) >= 11 is 5.74. The van der Waals surface area contributed by atoms with Gasteiger partial charge in [0.15, 0.2) is 5.11 Å². The molecule has 0 amide bonds. The van der Waals surface area contributed by atoms with Crippen molar-refractivity contribution in [3.8, 4) is 17.1 Å². The molecule has 0 bridgehead atoms. The first-order valence-electron chi connectivity index (χ1n) is 11.0. The molecule has 1 unspecified atom stereocenters. The van der Waals surface area contributed by atoms with E-state index in [9.17, 15) is 0 Å². The van der Waals surface area contributed by atoms with Gasteiger partial charge in [-0.05, 0) is 50.2 Å². The van der Waals surface area contributed by atoms with Crippen molar-refractivity contribution >= 4 is 22.9 Å². The van der Waals surface area contributed by atoms with Crippen molar-refractivity contribution in [3.63, 3.8) is 0 Å². The van der Waals surface area contributed by atoms with Gasteiger partial charge in [-0.3, -0.25) is 0 Å². The second-order valence-electron chi connectivity index (χ2n) is 7.68. The van der Waals surface area contributed by atoms with E-state index in [1.807, 2.05) is 49.4 Å². The maximum Gasteiger partial charge on any atom is 0.258 e. The third-order valence-electron chi connectivity index (χ3n) is 5.54. The van der Waals surface area contributed by atoms with Gasteiger partial charge in [0, 0.05) is 17.8 Å². The van der Waals surface area contributed by atoms with Gasteiger partial charge in [-0.1, -0.05) is 61.0 Å². The fourth-order valence-electron chi connectivity index (χ4n) is 3.85. The first-order chi connectivity index (χ1) is 15.6. The smallest absolute Gasteiger partial charge is 0.258 e. The van der Waals surface area contributed by atoms with Crippen LogP contribution in [0.4, 0.5) is 0 Å². The number of unbranched alkanes of at least 4 members (excludes halogenated alkanes) is 1. The summed E-state index contributed by atoms with van der Waals surface area (Å²) in [7, 11) is 0. The summed E-state index contributed by atoms with van der Waals surface area (Å²) in [5.41, 5.74) is 3.94. The quantitative estimate of drug-likeness (QED) is 0.450. The van der Waals surface area contributed by atoms with E-state index in [0.717, 1.165) is 47.5 Å². The topological polar surface area (TPSA) is 63.4 Å². The molecule has 166 valence electrons. The second kappa shape index (κ2) is 9.96. The molecule has 2 aromatic carbocycles. The summed E-state index contributed by atoms with van der Waals surface area (Å²) in [5, 5.41) is 8.46. The van der Waals surface area contributed by atoms with Crippen molar-refractivity contribution in [2.75, 3.05) is 13.2 Å². The predicted molar refractivity (Wildman–Crippen MR) is 130 cm³/mol. The SMILES string of the molecule is CCCCN1C(=S)NC(c2ccc(OCC)cc2)C(c2nc(-c3ccccc3)no2)=C1C. The summed E-state index contributed by atoms with van der Waals surface area (Å²) < 4.78 is 11.4. The molecule has 32 heavy (non-hydrogen) atoms. The Morgan fingerprint density at radius 1 is 1.09 bits per heavy atom. The van der Waals surface area contributed by atoms with Crippen LogP contribution in [0.3, 0.4) is 0 Å². The minimum absolute atomic E-state index is 0.194. The summed E-state index contributed by atoms with van der Waals surface area (Å²) in [6, 6.07) is 17.7. The molecule has 4 rings (SSSR count). The van der Waals surface area contributed by atoms with Crippen molar-refractivity contribution < 1.29 is 9.26 Å². The molecule has 3 aromatic rings. The first kappa shape index (κ1) is 22.0. The van der Waals surface area contributed by atoms with E-state index in [1.54, 1.807) is 0 Å². The summed E-state index contributed by atoms with van der Waals surface area (Å²) in [5.74, 6) is 1.90. The van der Waals surface area contributed by atoms with Crippen LogP contribution in [-0.2, 0) is 0 Å². The molecule has 0 saturated carbocycles. The average Bonchev–Trinajstić information content (AvgIpc) is 3.30. The number of nitrogens with zero attached hydrogens (tertiary/aromatic N) is 3. The number of nitrogens with one attached hydrogen (secondary N) is 1. The van der Waals surface area contributed by atoms with Gasteiger partial charge in [0.2, 0.25) is 5.82 Å². The molecular weight excluding hydrogens is 420 g/mol. The second-order valence-corrected chi connectivity index (χ2v) is 8.06. The van der Waals surface area contributed by atoms with Gasteiger partial charge >= 0.3 is 0 Å². The van der Waals surface area contributed by atoms with Crippen LogP contribution in [0.1, 0.15) is 51.1 Å².